The minimum Gasteiger partial charge on any atom is -0.213 e. The molecule has 0 aliphatic rings. The van der Waals surface area contributed by atoms with Crippen molar-refractivity contribution in [3.63, 3.8) is 0 Å². The van der Waals surface area contributed by atoms with E-state index >= 15 is 0 Å². The van der Waals surface area contributed by atoms with E-state index in [2.05, 4.69) is 23.2 Å². The fraction of sp³-hybridized carbons (Fsp3) is 0.750. The summed E-state index contributed by atoms with van der Waals surface area (Å²) in [6.07, 6.45) is 1.25. The molecule has 0 spiro atoms. The summed E-state index contributed by atoms with van der Waals surface area (Å²) in [6.45, 7) is 6.42. The van der Waals surface area contributed by atoms with E-state index in [0.29, 0.717) is 0 Å². The first kappa shape index (κ1) is 9.99. The molecule has 4 heteroatoms. The molecule has 0 radical (unpaired) electrons. The molecule has 1 heterocycles. The summed E-state index contributed by atoms with van der Waals surface area (Å²) in [6, 6.07) is 0. The van der Waals surface area contributed by atoms with Gasteiger partial charge in [-0.15, -0.1) is 0 Å². The predicted octanol–water partition coefficient (Wildman–Crippen LogP) is 2.98. The monoisotopic (exact) mass is 202 g/mol. The average Bonchev–Trinajstić information content (AvgIpc) is 2.35. The van der Waals surface area contributed by atoms with Gasteiger partial charge in [0.25, 0.3) is 0 Å². The molecular weight excluding hydrogens is 188 g/mol. The highest BCUT2D eigenvalue weighted by Crippen LogP contribution is 2.21. The molecule has 1 rings (SSSR count). The second-order valence-electron chi connectivity index (χ2n) is 3.14. The van der Waals surface area contributed by atoms with Crippen LogP contribution in [-0.2, 0) is 0 Å². The van der Waals surface area contributed by atoms with Crippen molar-refractivity contribution in [2.45, 2.75) is 31.5 Å². The first-order valence-electron chi connectivity index (χ1n) is 4.11. The summed E-state index contributed by atoms with van der Waals surface area (Å²) in [5.74, 6) is 2.84. The van der Waals surface area contributed by atoms with E-state index in [-0.39, 0.29) is 0 Å². The normalized spacial score (nSPS) is 11.0. The maximum absolute atomic E-state index is 4.28. The lowest BCUT2D eigenvalue weighted by molar-refractivity contribution is 0.632. The quantitative estimate of drug-likeness (QED) is 0.702. The zero-order chi connectivity index (χ0) is 8.97. The highest BCUT2D eigenvalue weighted by Gasteiger charge is 2.01. The van der Waals surface area contributed by atoms with Gasteiger partial charge in [0.2, 0.25) is 0 Å². The van der Waals surface area contributed by atoms with Crippen LogP contribution in [0.3, 0.4) is 0 Å². The maximum Gasteiger partial charge on any atom is 0.170 e. The highest BCUT2D eigenvalue weighted by molar-refractivity contribution is 8.00. The predicted molar refractivity (Wildman–Crippen MR) is 54.8 cm³/mol. The number of hydrogen-bond acceptors (Lipinski definition) is 4. The van der Waals surface area contributed by atoms with E-state index < -0.39 is 0 Å². The van der Waals surface area contributed by atoms with Crippen molar-refractivity contribution in [2.24, 2.45) is 5.92 Å². The number of aromatic nitrogens is 2. The third-order valence-electron chi connectivity index (χ3n) is 1.43. The van der Waals surface area contributed by atoms with Crippen LogP contribution >= 0.6 is 23.3 Å². The van der Waals surface area contributed by atoms with Crippen LogP contribution in [0, 0.1) is 12.8 Å². The van der Waals surface area contributed by atoms with Gasteiger partial charge < -0.3 is 0 Å². The van der Waals surface area contributed by atoms with Crippen LogP contribution in [0.2, 0.25) is 0 Å². The van der Waals surface area contributed by atoms with Crippen molar-refractivity contribution in [1.82, 2.24) is 9.36 Å². The van der Waals surface area contributed by atoms with Crippen molar-refractivity contribution in [2.75, 3.05) is 5.75 Å². The van der Waals surface area contributed by atoms with Crippen LogP contribution in [0.1, 0.15) is 26.1 Å². The summed E-state index contributed by atoms with van der Waals surface area (Å²) >= 11 is 3.32. The Balaban J connectivity index is 2.24. The Labute approximate surface area is 82.0 Å². The van der Waals surface area contributed by atoms with Gasteiger partial charge in [0.1, 0.15) is 5.82 Å². The molecule has 0 fully saturated rings. The number of rotatable bonds is 4. The van der Waals surface area contributed by atoms with Gasteiger partial charge in [0.05, 0.1) is 0 Å². The van der Waals surface area contributed by atoms with Crippen LogP contribution in [0.4, 0.5) is 0 Å². The van der Waals surface area contributed by atoms with E-state index in [1.54, 1.807) is 0 Å². The van der Waals surface area contributed by atoms with E-state index in [1.807, 2.05) is 18.7 Å². The first-order valence-corrected chi connectivity index (χ1v) is 5.87. The van der Waals surface area contributed by atoms with Gasteiger partial charge in [0, 0.05) is 5.75 Å². The topological polar surface area (TPSA) is 25.8 Å². The van der Waals surface area contributed by atoms with Crippen LogP contribution in [-0.4, -0.2) is 15.1 Å². The third-order valence-corrected chi connectivity index (χ3v) is 3.39. The molecule has 0 atom stereocenters. The highest BCUT2D eigenvalue weighted by atomic mass is 32.2. The molecule has 0 N–H and O–H groups in total. The smallest absolute Gasteiger partial charge is 0.170 e. The minimum atomic E-state index is 0.784. The molecule has 0 bridgehead atoms. The third kappa shape index (κ3) is 3.54. The first-order chi connectivity index (χ1) is 5.68. The Hall–Kier alpha value is -0.0900. The minimum absolute atomic E-state index is 0.784. The van der Waals surface area contributed by atoms with Crippen molar-refractivity contribution in [3.05, 3.63) is 5.82 Å². The summed E-state index contributed by atoms with van der Waals surface area (Å²) in [7, 11) is 0. The zero-order valence-corrected chi connectivity index (χ0v) is 9.34. The molecule has 0 aromatic carbocycles. The van der Waals surface area contributed by atoms with Gasteiger partial charge >= 0.3 is 0 Å². The molecule has 0 unspecified atom stereocenters. The number of hydrogen-bond donors (Lipinski definition) is 0. The molecule has 68 valence electrons. The largest absolute Gasteiger partial charge is 0.213 e. The second-order valence-corrected chi connectivity index (χ2v) is 5.23. The average molecular weight is 202 g/mol. The van der Waals surface area contributed by atoms with Gasteiger partial charge in [-0.1, -0.05) is 25.6 Å². The molecule has 0 saturated carbocycles. The van der Waals surface area contributed by atoms with Gasteiger partial charge in [-0.25, -0.2) is 4.98 Å². The lowest BCUT2D eigenvalue weighted by atomic mass is 10.2. The zero-order valence-electron chi connectivity index (χ0n) is 7.70. The molecule has 0 aliphatic heterocycles. The Morgan fingerprint density at radius 1 is 1.50 bits per heavy atom. The standard InChI is InChI=1S/C8H14N2S2/c1-6(2)4-5-11-8-9-7(3)10-12-8/h6H,4-5H2,1-3H3. The van der Waals surface area contributed by atoms with Crippen LogP contribution < -0.4 is 0 Å². The molecule has 0 aliphatic carbocycles. The Bertz CT molecular complexity index is 233. The Morgan fingerprint density at radius 3 is 2.75 bits per heavy atom. The number of aryl methyl sites for hydroxylation is 1. The van der Waals surface area contributed by atoms with Crippen molar-refractivity contribution >= 4 is 23.3 Å². The molecule has 1 aromatic heterocycles. The van der Waals surface area contributed by atoms with E-state index in [1.165, 1.54) is 18.0 Å². The Morgan fingerprint density at radius 2 is 2.25 bits per heavy atom. The van der Waals surface area contributed by atoms with Crippen molar-refractivity contribution < 1.29 is 0 Å². The molecule has 0 amide bonds. The molecule has 0 saturated heterocycles. The molecule has 1 aromatic rings. The Kier molecular flexibility index (Phi) is 4.01. The van der Waals surface area contributed by atoms with Crippen LogP contribution in [0.5, 0.6) is 0 Å². The summed E-state index contributed by atoms with van der Waals surface area (Å²) < 4.78 is 5.23. The fourth-order valence-corrected chi connectivity index (χ4v) is 2.68. The van der Waals surface area contributed by atoms with Crippen LogP contribution in [0.15, 0.2) is 4.34 Å². The summed E-state index contributed by atoms with van der Waals surface area (Å²) in [5, 5.41) is 0. The number of thioether (sulfide) groups is 1. The van der Waals surface area contributed by atoms with Gasteiger partial charge in [0.15, 0.2) is 4.34 Å². The summed E-state index contributed by atoms with van der Waals surface area (Å²) in [4.78, 5) is 4.28. The fourth-order valence-electron chi connectivity index (χ4n) is 0.719. The van der Waals surface area contributed by atoms with Gasteiger partial charge in [-0.2, -0.15) is 4.37 Å². The van der Waals surface area contributed by atoms with Crippen molar-refractivity contribution in [1.29, 1.82) is 0 Å². The van der Waals surface area contributed by atoms with Crippen molar-refractivity contribution in [3.8, 4) is 0 Å². The molecule has 12 heavy (non-hydrogen) atoms. The molecular formula is C8H14N2S2. The lowest BCUT2D eigenvalue weighted by Crippen LogP contribution is -1.88. The van der Waals surface area contributed by atoms with Gasteiger partial charge in [-0.05, 0) is 30.8 Å². The van der Waals surface area contributed by atoms with Crippen LogP contribution in [0.25, 0.3) is 0 Å². The second kappa shape index (κ2) is 4.82. The maximum atomic E-state index is 4.28. The van der Waals surface area contributed by atoms with E-state index in [9.17, 15) is 0 Å². The summed E-state index contributed by atoms with van der Waals surface area (Å²) in [5.41, 5.74) is 0. The SMILES string of the molecule is Cc1nsc(SCCC(C)C)n1. The van der Waals surface area contributed by atoms with Gasteiger partial charge in [-0.3, -0.25) is 0 Å². The molecule has 2 nitrogen and oxygen atoms in total. The van der Waals surface area contributed by atoms with E-state index in [4.69, 9.17) is 0 Å². The lowest BCUT2D eigenvalue weighted by Gasteiger charge is -2.00. The van der Waals surface area contributed by atoms with E-state index in [0.717, 1.165) is 21.8 Å². The number of nitrogens with zero attached hydrogens (tertiary/aromatic N) is 2.